The van der Waals surface area contributed by atoms with E-state index in [2.05, 4.69) is 21.2 Å². The molecule has 0 saturated heterocycles. The van der Waals surface area contributed by atoms with Gasteiger partial charge in [-0.2, -0.15) is 5.10 Å². The van der Waals surface area contributed by atoms with Crippen LogP contribution in [0.4, 0.5) is 5.69 Å². The summed E-state index contributed by atoms with van der Waals surface area (Å²) in [7, 11) is 3.00. The van der Waals surface area contributed by atoms with Crippen molar-refractivity contribution in [3.8, 4) is 17.2 Å². The van der Waals surface area contributed by atoms with Crippen LogP contribution >= 0.6 is 0 Å². The van der Waals surface area contributed by atoms with Crippen LogP contribution in [0.15, 0.2) is 71.8 Å². The van der Waals surface area contributed by atoms with Crippen molar-refractivity contribution in [3.05, 3.63) is 83.4 Å². The number of hydrazone groups is 1. The molecule has 3 rings (SSSR count). The lowest BCUT2D eigenvalue weighted by Gasteiger charge is -2.12. The second-order valence-corrected chi connectivity index (χ2v) is 7.85. The van der Waals surface area contributed by atoms with Crippen molar-refractivity contribution in [2.45, 2.75) is 13.5 Å². The molecule has 0 atom stereocenters. The minimum atomic E-state index is -0.891. The molecule has 0 heterocycles. The highest BCUT2D eigenvalue weighted by Crippen LogP contribution is 2.27. The van der Waals surface area contributed by atoms with E-state index in [1.54, 1.807) is 49.6 Å². The predicted octanol–water partition coefficient (Wildman–Crippen LogP) is 2.80. The van der Waals surface area contributed by atoms with Crippen LogP contribution in [0.25, 0.3) is 0 Å². The Hall–Kier alpha value is -4.86. The third-order valence-electron chi connectivity index (χ3n) is 5.06. The fraction of sp³-hybridized carbons (Fsp3) is 0.185. The van der Waals surface area contributed by atoms with Gasteiger partial charge in [-0.3, -0.25) is 14.4 Å². The number of rotatable bonds is 10. The van der Waals surface area contributed by atoms with Crippen molar-refractivity contribution < 1.29 is 28.6 Å². The molecule has 37 heavy (non-hydrogen) atoms. The Bertz CT molecular complexity index is 1270. The van der Waals surface area contributed by atoms with Gasteiger partial charge >= 0.3 is 11.8 Å². The van der Waals surface area contributed by atoms with Gasteiger partial charge in [0.15, 0.2) is 18.1 Å². The predicted molar refractivity (Wildman–Crippen MR) is 139 cm³/mol. The molecule has 0 aliphatic carbocycles. The van der Waals surface area contributed by atoms with Crippen LogP contribution in [0, 0.1) is 6.92 Å². The normalized spacial score (nSPS) is 10.5. The topological polar surface area (TPSA) is 127 Å². The molecule has 0 radical (unpaired) electrons. The highest BCUT2D eigenvalue weighted by Gasteiger charge is 2.12. The molecule has 0 aliphatic rings. The van der Waals surface area contributed by atoms with Gasteiger partial charge in [0.25, 0.3) is 5.91 Å². The number of benzene rings is 3. The second kappa shape index (κ2) is 13.3. The fourth-order valence-electron chi connectivity index (χ4n) is 3.11. The Morgan fingerprint density at radius 2 is 1.68 bits per heavy atom. The molecule has 0 bridgehead atoms. The van der Waals surface area contributed by atoms with E-state index >= 15 is 0 Å². The van der Waals surface area contributed by atoms with E-state index in [0.717, 1.165) is 11.1 Å². The summed E-state index contributed by atoms with van der Waals surface area (Å²) >= 11 is 0. The first kappa shape index (κ1) is 26.7. The number of carbonyl (C=O) groups is 3. The minimum absolute atomic E-state index is 0.229. The third-order valence-corrected chi connectivity index (χ3v) is 5.06. The van der Waals surface area contributed by atoms with Gasteiger partial charge in [0.2, 0.25) is 0 Å². The summed E-state index contributed by atoms with van der Waals surface area (Å²) in [6.45, 7) is 1.95. The third kappa shape index (κ3) is 8.39. The zero-order chi connectivity index (χ0) is 26.6. The summed E-state index contributed by atoms with van der Waals surface area (Å²) in [6, 6.07) is 19.4. The van der Waals surface area contributed by atoms with Crippen molar-refractivity contribution in [3.63, 3.8) is 0 Å². The maximum Gasteiger partial charge on any atom is 0.329 e. The molecule has 3 amide bonds. The molecular weight excluding hydrogens is 476 g/mol. The zero-order valence-electron chi connectivity index (χ0n) is 20.7. The van der Waals surface area contributed by atoms with Gasteiger partial charge in [0.05, 0.1) is 20.4 Å². The average molecular weight is 505 g/mol. The Kier molecular flexibility index (Phi) is 9.60. The lowest BCUT2D eigenvalue weighted by atomic mass is 10.1. The van der Waals surface area contributed by atoms with Crippen LogP contribution in [0.1, 0.15) is 16.7 Å². The first-order chi connectivity index (χ1) is 17.9. The van der Waals surface area contributed by atoms with Crippen molar-refractivity contribution in [1.29, 1.82) is 0 Å². The first-order valence-corrected chi connectivity index (χ1v) is 11.3. The highest BCUT2D eigenvalue weighted by molar-refractivity contribution is 6.35. The van der Waals surface area contributed by atoms with Gasteiger partial charge in [0.1, 0.15) is 5.75 Å². The molecule has 0 spiro atoms. The Balaban J connectivity index is 1.48. The summed E-state index contributed by atoms with van der Waals surface area (Å²) < 4.78 is 16.0. The largest absolute Gasteiger partial charge is 0.497 e. The van der Waals surface area contributed by atoms with E-state index in [1.165, 1.54) is 13.3 Å². The van der Waals surface area contributed by atoms with Crippen molar-refractivity contribution in [2.24, 2.45) is 5.10 Å². The number of aryl methyl sites for hydroxylation is 1. The summed E-state index contributed by atoms with van der Waals surface area (Å²) in [5.41, 5.74) is 5.32. The molecule has 0 fully saturated rings. The molecule has 3 aromatic rings. The molecular formula is C27H28N4O6. The number of nitrogens with one attached hydrogen (secondary N) is 3. The number of anilines is 1. The number of ether oxygens (including phenoxy) is 3. The molecule has 0 aromatic heterocycles. The van der Waals surface area contributed by atoms with E-state index in [9.17, 15) is 14.4 Å². The van der Waals surface area contributed by atoms with Crippen LogP contribution in [-0.2, 0) is 20.9 Å². The van der Waals surface area contributed by atoms with E-state index in [4.69, 9.17) is 14.2 Å². The summed E-state index contributed by atoms with van der Waals surface area (Å²) in [6.07, 6.45) is 1.35. The van der Waals surface area contributed by atoms with Gasteiger partial charge in [-0.15, -0.1) is 0 Å². The Morgan fingerprint density at radius 3 is 2.41 bits per heavy atom. The van der Waals surface area contributed by atoms with Crippen LogP contribution in [0.3, 0.4) is 0 Å². The lowest BCUT2D eigenvalue weighted by Crippen LogP contribution is -2.37. The maximum atomic E-state index is 12.2. The fourth-order valence-corrected chi connectivity index (χ4v) is 3.11. The van der Waals surface area contributed by atoms with Gasteiger partial charge < -0.3 is 24.8 Å². The van der Waals surface area contributed by atoms with Crippen LogP contribution in [0.2, 0.25) is 0 Å². The number of hydrogen-bond donors (Lipinski definition) is 3. The van der Waals surface area contributed by atoms with Crippen LogP contribution in [0.5, 0.6) is 17.2 Å². The Morgan fingerprint density at radius 1 is 0.892 bits per heavy atom. The quantitative estimate of drug-likeness (QED) is 0.221. The van der Waals surface area contributed by atoms with Crippen molar-refractivity contribution in [1.82, 2.24) is 10.7 Å². The molecule has 10 heteroatoms. The number of hydrogen-bond acceptors (Lipinski definition) is 7. The maximum absolute atomic E-state index is 12.2. The average Bonchev–Trinajstić information content (AvgIpc) is 2.91. The van der Waals surface area contributed by atoms with Crippen molar-refractivity contribution >= 4 is 29.6 Å². The lowest BCUT2D eigenvalue weighted by molar-refractivity contribution is -0.139. The van der Waals surface area contributed by atoms with E-state index < -0.39 is 11.8 Å². The second-order valence-electron chi connectivity index (χ2n) is 7.85. The molecule has 0 aliphatic heterocycles. The molecule has 192 valence electrons. The number of amides is 3. The van der Waals surface area contributed by atoms with Crippen LogP contribution in [-0.4, -0.2) is 44.8 Å². The first-order valence-electron chi connectivity index (χ1n) is 11.3. The van der Waals surface area contributed by atoms with E-state index in [-0.39, 0.29) is 19.1 Å². The van der Waals surface area contributed by atoms with Gasteiger partial charge in [-0.1, -0.05) is 35.9 Å². The number of methoxy groups -OCH3 is 2. The minimum Gasteiger partial charge on any atom is -0.497 e. The molecule has 0 saturated carbocycles. The molecule has 3 aromatic carbocycles. The molecule has 0 unspecified atom stereocenters. The van der Waals surface area contributed by atoms with Gasteiger partial charge in [-0.25, -0.2) is 5.43 Å². The monoisotopic (exact) mass is 504 g/mol. The zero-order valence-corrected chi connectivity index (χ0v) is 20.7. The number of carbonyl (C=O) groups excluding carboxylic acids is 3. The van der Waals surface area contributed by atoms with Gasteiger partial charge in [0, 0.05) is 18.3 Å². The summed E-state index contributed by atoms with van der Waals surface area (Å²) in [5.74, 6) is -0.718. The highest BCUT2D eigenvalue weighted by atomic mass is 16.5. The SMILES string of the molecule is COc1cccc(NC(=O)COc2ccc(/C=N/NC(=O)C(=O)NCc3ccc(C)cc3)cc2OC)c1. The van der Waals surface area contributed by atoms with E-state index in [0.29, 0.717) is 28.5 Å². The Labute approximate surface area is 214 Å². The molecule has 10 nitrogen and oxygen atoms in total. The van der Waals surface area contributed by atoms with E-state index in [1.807, 2.05) is 31.2 Å². The standard InChI is InChI=1S/C27H28N4O6/c1-18-7-9-19(10-8-18)15-28-26(33)27(34)31-29-16-20-11-12-23(24(13-20)36-3)37-17-25(32)30-21-5-4-6-22(14-21)35-2/h4-14,16H,15,17H2,1-3H3,(H,28,33)(H,30,32)(H,31,34)/b29-16+. The van der Waals surface area contributed by atoms with Crippen LogP contribution < -0.4 is 30.3 Å². The van der Waals surface area contributed by atoms with Crippen molar-refractivity contribution in [2.75, 3.05) is 26.1 Å². The smallest absolute Gasteiger partial charge is 0.329 e. The summed E-state index contributed by atoms with van der Waals surface area (Å²) in [4.78, 5) is 36.2. The summed E-state index contributed by atoms with van der Waals surface area (Å²) in [5, 5.41) is 9.07. The number of nitrogens with zero attached hydrogens (tertiary/aromatic N) is 1. The van der Waals surface area contributed by atoms with Gasteiger partial charge in [-0.05, 0) is 48.4 Å². The molecule has 3 N–H and O–H groups in total.